The second-order valence-electron chi connectivity index (χ2n) is 2.38. The Hall–Kier alpha value is 0.700. The molecule has 0 aliphatic carbocycles. The molecule has 1 rings (SSSR count). The van der Waals surface area contributed by atoms with Gasteiger partial charge < -0.3 is 0 Å². The van der Waals surface area contributed by atoms with Gasteiger partial charge in [0.2, 0.25) is 0 Å². The second-order valence-corrected chi connectivity index (χ2v) is 5.21. The van der Waals surface area contributed by atoms with Crippen LogP contribution in [0.15, 0.2) is 0 Å². The fourth-order valence-electron chi connectivity index (χ4n) is 0.524. The summed E-state index contributed by atoms with van der Waals surface area (Å²) in [6, 6.07) is 0. The molecule has 0 bridgehead atoms. The van der Waals surface area contributed by atoms with Gasteiger partial charge in [-0.15, -0.1) is 0 Å². The summed E-state index contributed by atoms with van der Waals surface area (Å²) in [6.07, 6.45) is 0. The molecule has 0 aromatic heterocycles. The number of rotatable bonds is 3. The van der Waals surface area contributed by atoms with Crippen molar-refractivity contribution in [3.05, 3.63) is 0 Å². The van der Waals surface area contributed by atoms with Gasteiger partial charge in [0.1, 0.15) is 0 Å². The summed E-state index contributed by atoms with van der Waals surface area (Å²) in [5.41, 5.74) is 0. The first kappa shape index (κ1) is 6.81. The molecule has 0 radical (unpaired) electrons. The first-order valence-corrected chi connectivity index (χ1v) is 5.12. The zero-order chi connectivity index (χ0) is 6.04. The van der Waals surface area contributed by atoms with Gasteiger partial charge in [-0.05, 0) is 12.7 Å². The molecular weight excluding hydrogens is 136 g/mol. The van der Waals surface area contributed by atoms with Crippen molar-refractivity contribution in [2.45, 2.75) is 18.6 Å². The molecule has 0 saturated carbocycles. The van der Waals surface area contributed by atoms with Gasteiger partial charge in [0, 0.05) is 16.3 Å². The lowest BCUT2D eigenvalue weighted by Gasteiger charge is -2.01. The molecule has 1 aliphatic rings. The summed E-state index contributed by atoms with van der Waals surface area (Å²) >= 11 is 4.15. The third-order valence-electron chi connectivity index (χ3n) is 1.25. The highest BCUT2D eigenvalue weighted by molar-refractivity contribution is 8.09. The Bertz CT molecular complexity index is 76.6. The molecule has 1 heterocycles. The Morgan fingerprint density at radius 2 is 2.38 bits per heavy atom. The van der Waals surface area contributed by atoms with Crippen LogP contribution >= 0.6 is 23.5 Å². The average molecular weight is 148 g/mol. The molecule has 1 aliphatic heterocycles. The molecule has 1 unspecified atom stereocenters. The van der Waals surface area contributed by atoms with E-state index in [1.54, 1.807) is 0 Å². The zero-order valence-electron chi connectivity index (χ0n) is 5.44. The Labute approximate surface area is 59.8 Å². The van der Waals surface area contributed by atoms with Crippen molar-refractivity contribution < 1.29 is 0 Å². The molecule has 1 fully saturated rings. The summed E-state index contributed by atoms with van der Waals surface area (Å²) in [6.45, 7) is 4.57. The quantitative estimate of drug-likeness (QED) is 0.563. The van der Waals surface area contributed by atoms with Crippen LogP contribution in [0.25, 0.3) is 0 Å². The molecular formula is C6H12S2. The first-order valence-electron chi connectivity index (χ1n) is 2.98. The SMILES string of the molecule is CCSCC1(C)CS1. The zero-order valence-corrected chi connectivity index (χ0v) is 7.07. The van der Waals surface area contributed by atoms with E-state index in [4.69, 9.17) is 0 Å². The van der Waals surface area contributed by atoms with Gasteiger partial charge in [-0.2, -0.15) is 23.5 Å². The van der Waals surface area contributed by atoms with Crippen LogP contribution in [-0.4, -0.2) is 22.0 Å². The Kier molecular flexibility index (Phi) is 2.15. The number of hydrogen-bond donors (Lipinski definition) is 0. The minimum atomic E-state index is 0.681. The maximum atomic E-state index is 2.35. The molecule has 1 atom stereocenters. The minimum absolute atomic E-state index is 0.681. The maximum Gasteiger partial charge on any atom is 0.0313 e. The van der Waals surface area contributed by atoms with Crippen LogP contribution in [0.3, 0.4) is 0 Å². The topological polar surface area (TPSA) is 0 Å². The largest absolute Gasteiger partial charge is 0.161 e. The van der Waals surface area contributed by atoms with E-state index >= 15 is 0 Å². The van der Waals surface area contributed by atoms with Gasteiger partial charge in [0.25, 0.3) is 0 Å². The van der Waals surface area contributed by atoms with Gasteiger partial charge in [-0.25, -0.2) is 0 Å². The van der Waals surface area contributed by atoms with Crippen molar-refractivity contribution >= 4 is 23.5 Å². The number of thioether (sulfide) groups is 2. The van der Waals surface area contributed by atoms with Crippen molar-refractivity contribution in [3.8, 4) is 0 Å². The van der Waals surface area contributed by atoms with E-state index in [1.807, 2.05) is 0 Å². The maximum absolute atomic E-state index is 2.35. The van der Waals surface area contributed by atoms with Crippen LogP contribution in [0.4, 0.5) is 0 Å². The van der Waals surface area contributed by atoms with Crippen molar-refractivity contribution in [2.24, 2.45) is 0 Å². The van der Waals surface area contributed by atoms with Gasteiger partial charge >= 0.3 is 0 Å². The van der Waals surface area contributed by atoms with E-state index in [0.29, 0.717) is 4.75 Å². The van der Waals surface area contributed by atoms with Crippen LogP contribution < -0.4 is 0 Å². The Morgan fingerprint density at radius 3 is 2.75 bits per heavy atom. The van der Waals surface area contributed by atoms with Gasteiger partial charge in [0.15, 0.2) is 0 Å². The van der Waals surface area contributed by atoms with Crippen molar-refractivity contribution in [1.82, 2.24) is 0 Å². The van der Waals surface area contributed by atoms with E-state index < -0.39 is 0 Å². The highest BCUT2D eigenvalue weighted by atomic mass is 32.2. The molecule has 0 amide bonds. The fraction of sp³-hybridized carbons (Fsp3) is 1.00. The van der Waals surface area contributed by atoms with Crippen molar-refractivity contribution in [3.63, 3.8) is 0 Å². The minimum Gasteiger partial charge on any atom is -0.161 e. The van der Waals surface area contributed by atoms with Crippen LogP contribution in [0.2, 0.25) is 0 Å². The molecule has 0 nitrogen and oxygen atoms in total. The molecule has 0 N–H and O–H groups in total. The van der Waals surface area contributed by atoms with Crippen LogP contribution in [0.5, 0.6) is 0 Å². The monoisotopic (exact) mass is 148 g/mol. The van der Waals surface area contributed by atoms with Crippen LogP contribution in [0.1, 0.15) is 13.8 Å². The van der Waals surface area contributed by atoms with Gasteiger partial charge in [-0.1, -0.05) is 6.92 Å². The first-order chi connectivity index (χ1) is 3.77. The van der Waals surface area contributed by atoms with E-state index in [1.165, 1.54) is 17.3 Å². The molecule has 8 heavy (non-hydrogen) atoms. The summed E-state index contributed by atoms with van der Waals surface area (Å²) in [4.78, 5) is 0. The van der Waals surface area contributed by atoms with E-state index in [9.17, 15) is 0 Å². The Balaban J connectivity index is 2.01. The lowest BCUT2D eigenvalue weighted by molar-refractivity contribution is 0.920. The molecule has 0 aromatic rings. The lowest BCUT2D eigenvalue weighted by Crippen LogP contribution is -2.05. The van der Waals surface area contributed by atoms with Gasteiger partial charge in [0.05, 0.1) is 0 Å². The average Bonchev–Trinajstić information content (AvgIpc) is 2.45. The van der Waals surface area contributed by atoms with Crippen LogP contribution in [0, 0.1) is 0 Å². The predicted molar refractivity (Wildman–Crippen MR) is 43.9 cm³/mol. The molecule has 0 spiro atoms. The molecule has 1 saturated heterocycles. The Morgan fingerprint density at radius 1 is 1.75 bits per heavy atom. The lowest BCUT2D eigenvalue weighted by atomic mass is 10.3. The summed E-state index contributed by atoms with van der Waals surface area (Å²) in [5, 5.41) is 0. The molecule has 2 heteroatoms. The summed E-state index contributed by atoms with van der Waals surface area (Å²) < 4.78 is 0.681. The van der Waals surface area contributed by atoms with E-state index in [0.717, 1.165) is 0 Å². The predicted octanol–water partition coefficient (Wildman–Crippen LogP) is 2.25. The van der Waals surface area contributed by atoms with Gasteiger partial charge in [-0.3, -0.25) is 0 Å². The summed E-state index contributed by atoms with van der Waals surface area (Å²) in [5.74, 6) is 4.02. The van der Waals surface area contributed by atoms with E-state index in [2.05, 4.69) is 37.4 Å². The third kappa shape index (κ3) is 1.90. The smallest absolute Gasteiger partial charge is 0.0313 e. The second kappa shape index (κ2) is 2.53. The van der Waals surface area contributed by atoms with Crippen molar-refractivity contribution in [1.29, 1.82) is 0 Å². The van der Waals surface area contributed by atoms with E-state index in [-0.39, 0.29) is 0 Å². The van der Waals surface area contributed by atoms with Crippen molar-refractivity contribution in [2.75, 3.05) is 17.3 Å². The molecule has 48 valence electrons. The third-order valence-corrected chi connectivity index (χ3v) is 4.10. The highest BCUT2D eigenvalue weighted by Crippen LogP contribution is 2.46. The fourth-order valence-corrected chi connectivity index (χ4v) is 2.32. The standard InChI is InChI=1S/C6H12S2/c1-3-7-4-6(2)5-8-6/h3-5H2,1-2H3. The summed E-state index contributed by atoms with van der Waals surface area (Å²) in [7, 11) is 0. The highest BCUT2D eigenvalue weighted by Gasteiger charge is 2.37. The number of hydrogen-bond acceptors (Lipinski definition) is 2. The normalized spacial score (nSPS) is 35.2. The van der Waals surface area contributed by atoms with Crippen LogP contribution in [-0.2, 0) is 0 Å². The molecule has 0 aromatic carbocycles.